The number of nitrogens with zero attached hydrogens (tertiary/aromatic N) is 2. The summed E-state index contributed by atoms with van der Waals surface area (Å²) in [4.78, 5) is 16.5. The maximum Gasteiger partial charge on any atom is 0.223 e. The molecule has 1 aliphatic heterocycles. The largest absolute Gasteiger partial charge is 0.340 e. The molecule has 0 aromatic carbocycles. The topological polar surface area (TPSA) is 35.6 Å². The number of piperazine rings is 1. The second kappa shape index (κ2) is 9.21. The van der Waals surface area contributed by atoms with Gasteiger partial charge in [-0.15, -0.1) is 0 Å². The van der Waals surface area contributed by atoms with Gasteiger partial charge in [-0.3, -0.25) is 4.79 Å². The van der Waals surface area contributed by atoms with Crippen LogP contribution in [-0.4, -0.2) is 61.5 Å². The maximum atomic E-state index is 12.1. The minimum absolute atomic E-state index is 0.315. The average Bonchev–Trinajstić information content (AvgIpc) is 2.55. The molecule has 21 heavy (non-hydrogen) atoms. The Morgan fingerprint density at radius 1 is 1.19 bits per heavy atom. The average molecular weight is 293 g/mol. The van der Waals surface area contributed by atoms with Crippen LogP contribution >= 0.6 is 0 Å². The highest BCUT2D eigenvalue weighted by Crippen LogP contribution is 2.19. The van der Waals surface area contributed by atoms with Gasteiger partial charge in [0.25, 0.3) is 0 Å². The maximum absolute atomic E-state index is 12.1. The van der Waals surface area contributed by atoms with Crippen molar-refractivity contribution in [3.63, 3.8) is 0 Å². The first kappa shape index (κ1) is 16.5. The number of allylic oxidation sites excluding steroid dienone is 1. The van der Waals surface area contributed by atoms with Crippen LogP contribution in [0.5, 0.6) is 0 Å². The second-order valence-corrected chi connectivity index (χ2v) is 6.17. The fraction of sp³-hybridized carbons (Fsp3) is 0.824. The zero-order chi connectivity index (χ0) is 14.9. The van der Waals surface area contributed by atoms with Crippen molar-refractivity contribution in [1.29, 1.82) is 0 Å². The minimum atomic E-state index is 0.315. The molecule has 4 heteroatoms. The van der Waals surface area contributed by atoms with Gasteiger partial charge in [0.15, 0.2) is 0 Å². The molecular weight excluding hydrogens is 262 g/mol. The normalized spacial score (nSPS) is 20.4. The fourth-order valence-electron chi connectivity index (χ4n) is 3.17. The monoisotopic (exact) mass is 293 g/mol. The summed E-state index contributed by atoms with van der Waals surface area (Å²) in [7, 11) is 0. The van der Waals surface area contributed by atoms with Gasteiger partial charge >= 0.3 is 0 Å². The Labute approximate surface area is 129 Å². The van der Waals surface area contributed by atoms with E-state index < -0.39 is 0 Å². The molecule has 1 N–H and O–H groups in total. The number of hydrogen-bond acceptors (Lipinski definition) is 3. The molecule has 1 amide bonds. The molecule has 0 aromatic rings. The van der Waals surface area contributed by atoms with Crippen molar-refractivity contribution in [1.82, 2.24) is 15.1 Å². The SMILES string of the molecule is CCN1CCN(C(=O)CCNCCC2=CCCCC2)CC1. The number of likely N-dealkylation sites (N-methyl/N-ethyl adjacent to an activating group) is 1. The van der Waals surface area contributed by atoms with E-state index in [0.29, 0.717) is 12.3 Å². The summed E-state index contributed by atoms with van der Waals surface area (Å²) in [5, 5.41) is 3.42. The standard InChI is InChI=1S/C17H31N3O/c1-2-19-12-14-20(15-13-19)17(21)9-11-18-10-8-16-6-4-3-5-7-16/h6,18H,2-5,7-15H2,1H3. The molecule has 1 heterocycles. The quantitative estimate of drug-likeness (QED) is 0.576. The van der Waals surface area contributed by atoms with Gasteiger partial charge in [-0.25, -0.2) is 0 Å². The molecular formula is C17H31N3O. The van der Waals surface area contributed by atoms with Gasteiger partial charge in [0.1, 0.15) is 0 Å². The van der Waals surface area contributed by atoms with E-state index in [1.807, 2.05) is 4.90 Å². The Hall–Kier alpha value is -0.870. The molecule has 0 bridgehead atoms. The van der Waals surface area contributed by atoms with Gasteiger partial charge in [0.2, 0.25) is 5.91 Å². The number of carbonyl (C=O) groups is 1. The Morgan fingerprint density at radius 3 is 2.67 bits per heavy atom. The fourth-order valence-corrected chi connectivity index (χ4v) is 3.17. The van der Waals surface area contributed by atoms with E-state index in [-0.39, 0.29) is 0 Å². The van der Waals surface area contributed by atoms with E-state index in [1.165, 1.54) is 25.7 Å². The third kappa shape index (κ3) is 5.79. The molecule has 120 valence electrons. The molecule has 1 aliphatic carbocycles. The molecule has 1 saturated heterocycles. The molecule has 2 aliphatic rings. The summed E-state index contributed by atoms with van der Waals surface area (Å²) >= 11 is 0. The first-order chi connectivity index (χ1) is 10.3. The van der Waals surface area contributed by atoms with Crippen LogP contribution in [0.1, 0.15) is 45.4 Å². The Morgan fingerprint density at radius 2 is 2.00 bits per heavy atom. The van der Waals surface area contributed by atoms with E-state index in [9.17, 15) is 4.79 Å². The lowest BCUT2D eigenvalue weighted by atomic mass is 9.97. The zero-order valence-electron chi connectivity index (χ0n) is 13.6. The second-order valence-electron chi connectivity index (χ2n) is 6.17. The van der Waals surface area contributed by atoms with E-state index in [4.69, 9.17) is 0 Å². The molecule has 2 rings (SSSR count). The van der Waals surface area contributed by atoms with Gasteiger partial charge in [-0.05, 0) is 45.2 Å². The number of rotatable bonds is 7. The molecule has 0 aromatic heterocycles. The molecule has 1 fully saturated rings. The van der Waals surface area contributed by atoms with Gasteiger partial charge < -0.3 is 15.1 Å². The van der Waals surface area contributed by atoms with Crippen LogP contribution in [0.4, 0.5) is 0 Å². The van der Waals surface area contributed by atoms with Gasteiger partial charge in [0.05, 0.1) is 0 Å². The Bertz CT molecular complexity index is 346. The number of hydrogen-bond donors (Lipinski definition) is 1. The van der Waals surface area contributed by atoms with Gasteiger partial charge in [0, 0.05) is 39.1 Å². The molecule has 0 atom stereocenters. The lowest BCUT2D eigenvalue weighted by Gasteiger charge is -2.34. The first-order valence-corrected chi connectivity index (χ1v) is 8.68. The highest BCUT2D eigenvalue weighted by molar-refractivity contribution is 5.76. The van der Waals surface area contributed by atoms with E-state index in [1.54, 1.807) is 5.57 Å². The molecule has 0 saturated carbocycles. The summed E-state index contributed by atoms with van der Waals surface area (Å²) in [5.74, 6) is 0.315. The van der Waals surface area contributed by atoms with Crippen molar-refractivity contribution in [2.45, 2.75) is 45.4 Å². The zero-order valence-corrected chi connectivity index (χ0v) is 13.6. The summed E-state index contributed by atoms with van der Waals surface area (Å²) in [6.07, 6.45) is 9.46. The van der Waals surface area contributed by atoms with Crippen molar-refractivity contribution in [3.8, 4) is 0 Å². The molecule has 0 spiro atoms. The first-order valence-electron chi connectivity index (χ1n) is 8.68. The van der Waals surface area contributed by atoms with Crippen LogP contribution in [0, 0.1) is 0 Å². The van der Waals surface area contributed by atoms with Crippen LogP contribution in [0.25, 0.3) is 0 Å². The van der Waals surface area contributed by atoms with Gasteiger partial charge in [-0.1, -0.05) is 18.6 Å². The summed E-state index contributed by atoms with van der Waals surface area (Å²) in [6.45, 7) is 8.98. The lowest BCUT2D eigenvalue weighted by Crippen LogP contribution is -2.48. The number of carbonyl (C=O) groups excluding carboxylic acids is 1. The van der Waals surface area contributed by atoms with Crippen LogP contribution in [0.15, 0.2) is 11.6 Å². The highest BCUT2D eigenvalue weighted by Gasteiger charge is 2.19. The van der Waals surface area contributed by atoms with Crippen molar-refractivity contribution >= 4 is 5.91 Å². The van der Waals surface area contributed by atoms with E-state index in [0.717, 1.165) is 52.2 Å². The Kier molecular flexibility index (Phi) is 7.24. The van der Waals surface area contributed by atoms with Crippen molar-refractivity contribution < 1.29 is 4.79 Å². The molecule has 0 radical (unpaired) electrons. The number of nitrogens with one attached hydrogen (secondary N) is 1. The summed E-state index contributed by atoms with van der Waals surface area (Å²) in [6, 6.07) is 0. The lowest BCUT2D eigenvalue weighted by molar-refractivity contribution is -0.132. The highest BCUT2D eigenvalue weighted by atomic mass is 16.2. The van der Waals surface area contributed by atoms with Crippen LogP contribution < -0.4 is 5.32 Å². The van der Waals surface area contributed by atoms with Crippen molar-refractivity contribution in [3.05, 3.63) is 11.6 Å². The predicted octanol–water partition coefficient (Wildman–Crippen LogP) is 2.02. The summed E-state index contributed by atoms with van der Waals surface area (Å²) < 4.78 is 0. The third-order valence-electron chi connectivity index (χ3n) is 4.70. The van der Waals surface area contributed by atoms with Crippen LogP contribution in [-0.2, 0) is 4.79 Å². The van der Waals surface area contributed by atoms with Crippen molar-refractivity contribution in [2.24, 2.45) is 0 Å². The minimum Gasteiger partial charge on any atom is -0.340 e. The summed E-state index contributed by atoms with van der Waals surface area (Å²) in [5.41, 5.74) is 1.61. The van der Waals surface area contributed by atoms with Crippen LogP contribution in [0.2, 0.25) is 0 Å². The number of amides is 1. The smallest absolute Gasteiger partial charge is 0.223 e. The van der Waals surface area contributed by atoms with E-state index >= 15 is 0 Å². The molecule has 0 unspecified atom stereocenters. The predicted molar refractivity (Wildman–Crippen MR) is 87.3 cm³/mol. The van der Waals surface area contributed by atoms with E-state index in [2.05, 4.69) is 23.2 Å². The van der Waals surface area contributed by atoms with Crippen LogP contribution in [0.3, 0.4) is 0 Å². The third-order valence-corrected chi connectivity index (χ3v) is 4.70. The Balaban J connectivity index is 1.52. The van der Waals surface area contributed by atoms with Crippen molar-refractivity contribution in [2.75, 3.05) is 45.8 Å². The molecule has 4 nitrogen and oxygen atoms in total. The van der Waals surface area contributed by atoms with Gasteiger partial charge in [-0.2, -0.15) is 0 Å².